The summed E-state index contributed by atoms with van der Waals surface area (Å²) in [5.74, 6) is -0.749. The van der Waals surface area contributed by atoms with Crippen LogP contribution in [0.5, 0.6) is 0 Å². The van der Waals surface area contributed by atoms with Gasteiger partial charge in [-0.3, -0.25) is 9.59 Å². The molecule has 1 aliphatic heterocycles. The minimum atomic E-state index is -0.803. The summed E-state index contributed by atoms with van der Waals surface area (Å²) in [6, 6.07) is 26.8. The molecule has 0 radical (unpaired) electrons. The Morgan fingerprint density at radius 3 is 2.39 bits per heavy atom. The molecule has 0 aliphatic carbocycles. The lowest BCUT2D eigenvalue weighted by Crippen LogP contribution is -2.35. The van der Waals surface area contributed by atoms with Crippen LogP contribution in [0.3, 0.4) is 0 Å². The molecule has 3 heterocycles. The fourth-order valence-electron chi connectivity index (χ4n) is 6.78. The van der Waals surface area contributed by atoms with E-state index in [0.29, 0.717) is 32.7 Å². The number of rotatable bonds is 10. The number of aliphatic carboxylic acids is 1. The Kier molecular flexibility index (Phi) is 8.75. The van der Waals surface area contributed by atoms with Crippen molar-refractivity contribution in [2.75, 3.05) is 13.2 Å². The maximum atomic E-state index is 13.6. The van der Waals surface area contributed by atoms with E-state index in [9.17, 15) is 14.7 Å². The molecule has 2 N–H and O–H groups in total. The van der Waals surface area contributed by atoms with Crippen molar-refractivity contribution in [3.8, 4) is 0 Å². The second kappa shape index (κ2) is 13.0. The lowest BCUT2D eigenvalue weighted by atomic mass is 9.80. The first-order valence-corrected chi connectivity index (χ1v) is 15.5. The third-order valence-corrected chi connectivity index (χ3v) is 9.08. The Morgan fingerprint density at radius 2 is 1.66 bits per heavy atom. The molecule has 0 saturated carbocycles. The van der Waals surface area contributed by atoms with E-state index in [0.717, 1.165) is 68.3 Å². The highest BCUT2D eigenvalue weighted by Crippen LogP contribution is 2.35. The molecule has 3 aromatic carbocycles. The number of ether oxygens (including phenoxy) is 1. The normalized spacial score (nSPS) is 14.6. The molecule has 7 heteroatoms. The molecule has 226 valence electrons. The molecule has 5 aromatic rings. The van der Waals surface area contributed by atoms with Gasteiger partial charge in [0.15, 0.2) is 0 Å². The van der Waals surface area contributed by atoms with Gasteiger partial charge in [-0.05, 0) is 72.9 Å². The van der Waals surface area contributed by atoms with Crippen LogP contribution < -0.4 is 5.32 Å². The summed E-state index contributed by atoms with van der Waals surface area (Å²) in [5, 5.41) is 14.7. The van der Waals surface area contributed by atoms with Crippen molar-refractivity contribution < 1.29 is 19.4 Å². The van der Waals surface area contributed by atoms with Gasteiger partial charge in [-0.15, -0.1) is 0 Å². The van der Waals surface area contributed by atoms with E-state index in [1.165, 1.54) is 0 Å². The van der Waals surface area contributed by atoms with E-state index in [4.69, 9.17) is 9.72 Å². The molecule has 1 amide bonds. The Balaban J connectivity index is 1.30. The van der Waals surface area contributed by atoms with Crippen molar-refractivity contribution in [3.63, 3.8) is 0 Å². The maximum Gasteiger partial charge on any atom is 0.303 e. The number of benzene rings is 3. The summed E-state index contributed by atoms with van der Waals surface area (Å²) in [5.41, 5.74) is 8.22. The van der Waals surface area contributed by atoms with E-state index in [1.807, 2.05) is 49.4 Å². The predicted octanol–water partition coefficient (Wildman–Crippen LogP) is 6.70. The number of carbonyl (C=O) groups excluding carboxylic acids is 1. The van der Waals surface area contributed by atoms with E-state index >= 15 is 0 Å². The van der Waals surface area contributed by atoms with E-state index in [-0.39, 0.29) is 24.2 Å². The molecular weight excluding hydrogens is 550 g/mol. The van der Waals surface area contributed by atoms with Gasteiger partial charge >= 0.3 is 5.97 Å². The number of hydrogen-bond acceptors (Lipinski definition) is 4. The van der Waals surface area contributed by atoms with Crippen LogP contribution in [0, 0.1) is 19.8 Å². The van der Waals surface area contributed by atoms with Crippen LogP contribution in [0.1, 0.15) is 58.7 Å². The zero-order valence-electron chi connectivity index (χ0n) is 25.4. The number of amides is 1. The number of carboxylic acids is 1. The smallest absolute Gasteiger partial charge is 0.303 e. The fourth-order valence-corrected chi connectivity index (χ4v) is 6.78. The van der Waals surface area contributed by atoms with Crippen LogP contribution in [0.25, 0.3) is 21.9 Å². The van der Waals surface area contributed by atoms with Crippen LogP contribution in [-0.4, -0.2) is 39.7 Å². The van der Waals surface area contributed by atoms with Crippen LogP contribution in [0.15, 0.2) is 78.9 Å². The van der Waals surface area contributed by atoms with Crippen molar-refractivity contribution in [2.45, 2.75) is 58.5 Å². The number of hydrogen-bond donors (Lipinski definition) is 2. The molecule has 0 spiro atoms. The monoisotopic (exact) mass is 589 g/mol. The third kappa shape index (κ3) is 6.10. The highest BCUT2D eigenvalue weighted by Gasteiger charge is 2.31. The number of nitrogens with zero attached hydrogens (tertiary/aromatic N) is 2. The largest absolute Gasteiger partial charge is 0.481 e. The summed E-state index contributed by atoms with van der Waals surface area (Å²) in [6.45, 7) is 6.56. The van der Waals surface area contributed by atoms with Gasteiger partial charge in [0.05, 0.1) is 11.4 Å². The standard InChI is InChI=1S/C37H39N3O4/c1-24-30(16-17-33(41)42)25(2)39-36-34(24)31-10-6-7-11-32(31)40(36)23-27-12-14-28(15-13-27)35(29-18-20-44-21-19-29)37(43)38-22-26-8-4-3-5-9-26/h3-15,29,35H,16-23H2,1-2H3,(H,38,43)(H,41,42)/t35-/m1/s1. The molecule has 7 nitrogen and oxygen atoms in total. The van der Waals surface area contributed by atoms with Crippen LogP contribution in [0.2, 0.25) is 0 Å². The van der Waals surface area contributed by atoms with Gasteiger partial charge in [-0.25, -0.2) is 4.98 Å². The first-order chi connectivity index (χ1) is 21.4. The molecule has 0 bridgehead atoms. The van der Waals surface area contributed by atoms with E-state index in [2.05, 4.69) is 53.2 Å². The Hall–Kier alpha value is -4.49. The number of para-hydroxylation sites is 1. The molecule has 1 aliphatic rings. The molecular formula is C37H39N3O4. The number of aromatic nitrogens is 2. The second-order valence-electron chi connectivity index (χ2n) is 11.9. The summed E-state index contributed by atoms with van der Waals surface area (Å²) < 4.78 is 7.88. The summed E-state index contributed by atoms with van der Waals surface area (Å²) in [7, 11) is 0. The van der Waals surface area contributed by atoms with Gasteiger partial charge in [0.2, 0.25) is 5.91 Å². The molecule has 1 fully saturated rings. The van der Waals surface area contributed by atoms with Crippen molar-refractivity contribution in [2.24, 2.45) is 5.92 Å². The highest BCUT2D eigenvalue weighted by molar-refractivity contribution is 6.08. The van der Waals surface area contributed by atoms with E-state index < -0.39 is 5.97 Å². The van der Waals surface area contributed by atoms with Gasteiger partial charge in [-0.1, -0.05) is 72.8 Å². The van der Waals surface area contributed by atoms with Gasteiger partial charge < -0.3 is 19.7 Å². The Labute approximate surface area is 257 Å². The van der Waals surface area contributed by atoms with Crippen molar-refractivity contribution >= 4 is 33.8 Å². The number of nitrogens with one attached hydrogen (secondary N) is 1. The average molecular weight is 590 g/mol. The number of pyridine rings is 1. The van der Waals surface area contributed by atoms with Crippen molar-refractivity contribution in [1.82, 2.24) is 14.9 Å². The van der Waals surface area contributed by atoms with Gasteiger partial charge in [-0.2, -0.15) is 0 Å². The number of carbonyl (C=O) groups is 2. The van der Waals surface area contributed by atoms with Gasteiger partial charge in [0.1, 0.15) is 5.65 Å². The quantitative estimate of drug-likeness (QED) is 0.189. The summed E-state index contributed by atoms with van der Waals surface area (Å²) >= 11 is 0. The van der Waals surface area contributed by atoms with Crippen LogP contribution in [-0.2, 0) is 33.8 Å². The summed E-state index contributed by atoms with van der Waals surface area (Å²) in [4.78, 5) is 30.0. The Bertz CT molecular complexity index is 1790. The third-order valence-electron chi connectivity index (χ3n) is 9.08. The fraction of sp³-hybridized carbons (Fsp3) is 0.324. The topological polar surface area (TPSA) is 93.5 Å². The van der Waals surface area contributed by atoms with Gasteiger partial charge in [0, 0.05) is 49.2 Å². The minimum Gasteiger partial charge on any atom is -0.481 e. The molecule has 1 saturated heterocycles. The molecule has 6 rings (SSSR count). The van der Waals surface area contributed by atoms with Gasteiger partial charge in [0.25, 0.3) is 0 Å². The number of carboxylic acid groups (broad SMARTS) is 1. The second-order valence-corrected chi connectivity index (χ2v) is 11.9. The van der Waals surface area contributed by atoms with Crippen molar-refractivity contribution in [1.29, 1.82) is 0 Å². The predicted molar refractivity (Wildman–Crippen MR) is 173 cm³/mol. The first kappa shape index (κ1) is 29.6. The highest BCUT2D eigenvalue weighted by atomic mass is 16.5. The van der Waals surface area contributed by atoms with Crippen LogP contribution in [0.4, 0.5) is 0 Å². The van der Waals surface area contributed by atoms with E-state index in [1.54, 1.807) is 0 Å². The van der Waals surface area contributed by atoms with Crippen molar-refractivity contribution in [3.05, 3.63) is 112 Å². The molecule has 0 unspecified atom stereocenters. The summed E-state index contributed by atoms with van der Waals surface area (Å²) in [6.07, 6.45) is 2.28. The zero-order valence-corrected chi connectivity index (χ0v) is 25.4. The number of fused-ring (bicyclic) bond motifs is 3. The lowest BCUT2D eigenvalue weighted by Gasteiger charge is -2.30. The Morgan fingerprint density at radius 1 is 0.955 bits per heavy atom. The maximum absolute atomic E-state index is 13.6. The molecule has 1 atom stereocenters. The zero-order chi connectivity index (χ0) is 30.6. The average Bonchev–Trinajstić information content (AvgIpc) is 3.34. The SMILES string of the molecule is Cc1nc2c(c(C)c1CCC(=O)O)c1ccccc1n2Cc1ccc([C@@H](C(=O)NCc2ccccc2)C2CCOCC2)cc1. The minimum absolute atomic E-state index is 0.0600. The number of aryl methyl sites for hydroxylation is 2. The van der Waals surface area contributed by atoms with Crippen LogP contribution >= 0.6 is 0 Å². The molecule has 2 aromatic heterocycles. The first-order valence-electron chi connectivity index (χ1n) is 15.5. The lowest BCUT2D eigenvalue weighted by molar-refractivity contribution is -0.137. The molecule has 44 heavy (non-hydrogen) atoms.